The molecule has 1 aromatic heterocycles. The van der Waals surface area contributed by atoms with E-state index in [1.165, 1.54) is 38.5 Å². The summed E-state index contributed by atoms with van der Waals surface area (Å²) in [6, 6.07) is 13.6. The van der Waals surface area contributed by atoms with Gasteiger partial charge in [0.15, 0.2) is 11.5 Å². The first kappa shape index (κ1) is 27.4. The highest BCUT2D eigenvalue weighted by Crippen LogP contribution is 2.60. The smallest absolute Gasteiger partial charge is 0.271 e. The minimum atomic E-state index is -0.349. The Morgan fingerprint density at radius 1 is 0.951 bits per heavy atom. The van der Waals surface area contributed by atoms with E-state index in [2.05, 4.69) is 28.9 Å². The molecule has 4 fully saturated rings. The molecule has 216 valence electrons. The third-order valence-electron chi connectivity index (χ3n) is 8.84. The van der Waals surface area contributed by atoms with Crippen LogP contribution in [0, 0.1) is 17.8 Å². The molecule has 1 amide bonds. The number of nitrogens with zero attached hydrogens (tertiary/aromatic N) is 3. The zero-order valence-corrected chi connectivity index (χ0v) is 24.3. The fraction of sp³-hybridized carbons (Fsp3) is 0.485. The quantitative estimate of drug-likeness (QED) is 0.221. The molecular formula is C33H40N4O4. The molecule has 7 rings (SSSR count). The second kappa shape index (κ2) is 11.6. The number of rotatable bonds is 11. The van der Waals surface area contributed by atoms with Gasteiger partial charge in [-0.2, -0.15) is 10.2 Å². The van der Waals surface area contributed by atoms with E-state index in [1.807, 2.05) is 43.7 Å². The molecule has 4 aliphatic rings. The molecule has 8 heteroatoms. The van der Waals surface area contributed by atoms with E-state index < -0.39 is 0 Å². The van der Waals surface area contributed by atoms with Crippen LogP contribution < -0.4 is 19.6 Å². The van der Waals surface area contributed by atoms with E-state index in [9.17, 15) is 4.79 Å². The highest BCUT2D eigenvalue weighted by atomic mass is 16.5. The summed E-state index contributed by atoms with van der Waals surface area (Å²) in [5, 5.41) is 9.62. The van der Waals surface area contributed by atoms with E-state index in [0.29, 0.717) is 42.6 Å². The molecular weight excluding hydrogens is 516 g/mol. The highest BCUT2D eigenvalue weighted by Gasteiger charge is 2.53. The minimum absolute atomic E-state index is 0.0913. The summed E-state index contributed by atoms with van der Waals surface area (Å²) < 4.78 is 19.3. The van der Waals surface area contributed by atoms with Gasteiger partial charge in [0, 0.05) is 22.7 Å². The molecule has 1 heterocycles. The van der Waals surface area contributed by atoms with Crippen molar-refractivity contribution in [3.63, 3.8) is 0 Å². The Morgan fingerprint density at radius 3 is 2.10 bits per heavy atom. The van der Waals surface area contributed by atoms with Crippen molar-refractivity contribution >= 4 is 12.1 Å². The van der Waals surface area contributed by atoms with Gasteiger partial charge in [-0.05, 0) is 101 Å². The lowest BCUT2D eigenvalue weighted by molar-refractivity contribution is -0.00739. The second-order valence-electron chi connectivity index (χ2n) is 11.7. The number of nitrogens with one attached hydrogen (secondary N) is 1. The lowest BCUT2D eigenvalue weighted by Crippen LogP contribution is -2.49. The number of benzene rings is 2. The van der Waals surface area contributed by atoms with Gasteiger partial charge in [0.2, 0.25) is 5.75 Å². The zero-order chi connectivity index (χ0) is 28.4. The topological polar surface area (TPSA) is 87.0 Å². The Kier molecular flexibility index (Phi) is 7.73. The first-order valence-electron chi connectivity index (χ1n) is 15.1. The van der Waals surface area contributed by atoms with Crippen molar-refractivity contribution in [2.24, 2.45) is 22.9 Å². The summed E-state index contributed by atoms with van der Waals surface area (Å²) in [5.41, 5.74) is 6.31. The van der Waals surface area contributed by atoms with Crippen molar-refractivity contribution in [1.29, 1.82) is 0 Å². The molecule has 0 radical (unpaired) electrons. The van der Waals surface area contributed by atoms with E-state index in [4.69, 9.17) is 19.3 Å². The summed E-state index contributed by atoms with van der Waals surface area (Å²) in [4.78, 5) is 13.3. The van der Waals surface area contributed by atoms with Crippen LogP contribution in [0.3, 0.4) is 0 Å². The lowest BCUT2D eigenvalue weighted by atomic mass is 9.48. The average molecular weight is 557 g/mol. The summed E-state index contributed by atoms with van der Waals surface area (Å²) in [6.07, 6.45) is 11.5. The van der Waals surface area contributed by atoms with E-state index in [1.54, 1.807) is 18.3 Å². The summed E-state index contributed by atoms with van der Waals surface area (Å²) >= 11 is 0. The lowest BCUT2D eigenvalue weighted by Gasteiger charge is -2.56. The first-order chi connectivity index (χ1) is 20.0. The SMILES string of the molecule is CCOc1cc(C(=O)NN=Cc2cn(-c3ccccc3)nc2C23CC4CC(CC(C4)C2)C3)cc(OCC)c1OCC. The number of para-hydroxylation sites is 1. The number of ether oxygens (including phenoxy) is 3. The summed E-state index contributed by atoms with van der Waals surface area (Å²) in [7, 11) is 0. The van der Waals surface area contributed by atoms with Crippen molar-refractivity contribution in [2.75, 3.05) is 19.8 Å². The average Bonchev–Trinajstić information content (AvgIpc) is 3.40. The maximum absolute atomic E-state index is 13.3. The Bertz CT molecular complexity index is 1350. The van der Waals surface area contributed by atoms with Crippen LogP contribution in [0.1, 0.15) is 80.9 Å². The molecule has 41 heavy (non-hydrogen) atoms. The van der Waals surface area contributed by atoms with Crippen molar-refractivity contribution in [1.82, 2.24) is 15.2 Å². The molecule has 0 unspecified atom stereocenters. The van der Waals surface area contributed by atoms with Crippen LogP contribution in [0.25, 0.3) is 5.69 Å². The second-order valence-corrected chi connectivity index (χ2v) is 11.7. The van der Waals surface area contributed by atoms with Gasteiger partial charge in [0.25, 0.3) is 5.91 Å². The van der Waals surface area contributed by atoms with E-state index in [-0.39, 0.29) is 11.3 Å². The van der Waals surface area contributed by atoms with Crippen LogP contribution in [0.4, 0.5) is 0 Å². The van der Waals surface area contributed by atoms with Gasteiger partial charge in [0.05, 0.1) is 37.4 Å². The normalized spacial score (nSPS) is 24.5. The maximum Gasteiger partial charge on any atom is 0.271 e. The fourth-order valence-electron chi connectivity index (χ4n) is 7.75. The standard InChI is InChI=1S/C33H40N4O4/c1-4-39-28-15-25(16-29(40-5-2)30(28)41-6-3)32(38)35-34-20-26-21-37(27-10-8-7-9-11-27)36-31(26)33-17-22-12-23(18-33)14-24(13-22)19-33/h7-11,15-16,20-24H,4-6,12-14,17-19H2,1-3H3,(H,35,38). The third-order valence-corrected chi connectivity index (χ3v) is 8.84. The van der Waals surface area contributed by atoms with Gasteiger partial charge >= 0.3 is 0 Å². The van der Waals surface area contributed by atoms with Crippen molar-refractivity contribution < 1.29 is 19.0 Å². The number of aromatic nitrogens is 2. The summed E-state index contributed by atoms with van der Waals surface area (Å²) in [5.74, 6) is 3.50. The Morgan fingerprint density at radius 2 is 1.54 bits per heavy atom. The predicted octanol–water partition coefficient (Wildman–Crippen LogP) is 6.30. The number of carbonyl (C=O) groups excluding carboxylic acids is 1. The Balaban J connectivity index is 1.29. The maximum atomic E-state index is 13.3. The molecule has 0 atom stereocenters. The predicted molar refractivity (Wildman–Crippen MR) is 158 cm³/mol. The van der Waals surface area contributed by atoms with Crippen LogP contribution >= 0.6 is 0 Å². The van der Waals surface area contributed by atoms with E-state index in [0.717, 1.165) is 34.7 Å². The number of hydrazone groups is 1. The molecule has 0 spiro atoms. The largest absolute Gasteiger partial charge is 0.490 e. The number of hydrogen-bond acceptors (Lipinski definition) is 6. The van der Waals surface area contributed by atoms with Crippen LogP contribution in [0.2, 0.25) is 0 Å². The minimum Gasteiger partial charge on any atom is -0.490 e. The monoisotopic (exact) mass is 556 g/mol. The van der Waals surface area contributed by atoms with Gasteiger partial charge in [-0.25, -0.2) is 10.1 Å². The van der Waals surface area contributed by atoms with Gasteiger partial charge in [0.1, 0.15) is 0 Å². The van der Waals surface area contributed by atoms with Crippen molar-refractivity contribution in [2.45, 2.75) is 64.7 Å². The fourth-order valence-corrected chi connectivity index (χ4v) is 7.75. The van der Waals surface area contributed by atoms with Crippen LogP contribution in [-0.2, 0) is 5.41 Å². The number of carbonyl (C=O) groups is 1. The third kappa shape index (κ3) is 5.44. The molecule has 3 aromatic rings. The molecule has 4 bridgehead atoms. The van der Waals surface area contributed by atoms with Crippen LogP contribution in [-0.4, -0.2) is 41.7 Å². The van der Waals surface area contributed by atoms with Gasteiger partial charge in [-0.1, -0.05) is 18.2 Å². The Labute approximate surface area is 242 Å². The molecule has 0 aliphatic heterocycles. The molecule has 1 N–H and O–H groups in total. The molecule has 4 saturated carbocycles. The zero-order valence-electron chi connectivity index (χ0n) is 24.3. The van der Waals surface area contributed by atoms with Crippen LogP contribution in [0.5, 0.6) is 17.2 Å². The van der Waals surface area contributed by atoms with Crippen LogP contribution in [0.15, 0.2) is 53.8 Å². The van der Waals surface area contributed by atoms with Gasteiger partial charge in [-0.15, -0.1) is 0 Å². The number of amides is 1. The molecule has 8 nitrogen and oxygen atoms in total. The Hall–Kier alpha value is -3.81. The number of hydrogen-bond donors (Lipinski definition) is 1. The van der Waals surface area contributed by atoms with E-state index >= 15 is 0 Å². The first-order valence-corrected chi connectivity index (χ1v) is 15.1. The van der Waals surface area contributed by atoms with Crippen molar-refractivity contribution in [3.8, 4) is 22.9 Å². The molecule has 0 saturated heterocycles. The summed E-state index contributed by atoms with van der Waals surface area (Å²) in [6.45, 7) is 7.02. The molecule has 2 aromatic carbocycles. The molecule has 4 aliphatic carbocycles. The van der Waals surface area contributed by atoms with Gasteiger partial charge < -0.3 is 14.2 Å². The highest BCUT2D eigenvalue weighted by molar-refractivity contribution is 5.96. The van der Waals surface area contributed by atoms with Gasteiger partial charge in [-0.3, -0.25) is 4.79 Å². The van der Waals surface area contributed by atoms with Crippen molar-refractivity contribution in [3.05, 3.63) is 65.5 Å².